The Hall–Kier alpha value is -1.75. The number of benzene rings is 1. The summed E-state index contributed by atoms with van der Waals surface area (Å²) in [6, 6.07) is 5.00. The average molecular weight is 236 g/mol. The summed E-state index contributed by atoms with van der Waals surface area (Å²) >= 11 is 0. The standard InChI is InChI=1S/C12H16N2O3/c1-7(13)12(15)14-8(2)9-3-4-10-11(5-9)17-6-16-10/h3-5,7-8H,6,13H2,1-2H3,(H,14,15). The molecule has 0 bridgehead atoms. The molecule has 1 heterocycles. The van der Waals surface area contributed by atoms with Crippen LogP contribution < -0.4 is 20.5 Å². The van der Waals surface area contributed by atoms with E-state index in [4.69, 9.17) is 15.2 Å². The van der Waals surface area contributed by atoms with E-state index in [1.54, 1.807) is 6.92 Å². The van der Waals surface area contributed by atoms with Gasteiger partial charge in [0.15, 0.2) is 11.5 Å². The van der Waals surface area contributed by atoms with E-state index in [1.165, 1.54) is 0 Å². The molecule has 5 nitrogen and oxygen atoms in total. The molecule has 1 aromatic rings. The summed E-state index contributed by atoms with van der Waals surface area (Å²) in [6.45, 7) is 3.80. The highest BCUT2D eigenvalue weighted by Gasteiger charge is 2.17. The van der Waals surface area contributed by atoms with Crippen molar-refractivity contribution < 1.29 is 14.3 Å². The van der Waals surface area contributed by atoms with Crippen LogP contribution in [0, 0.1) is 0 Å². The lowest BCUT2D eigenvalue weighted by atomic mass is 10.1. The molecule has 2 unspecified atom stereocenters. The molecule has 0 saturated carbocycles. The van der Waals surface area contributed by atoms with Gasteiger partial charge in [0.25, 0.3) is 0 Å². The van der Waals surface area contributed by atoms with E-state index in [1.807, 2.05) is 25.1 Å². The number of nitrogens with one attached hydrogen (secondary N) is 1. The topological polar surface area (TPSA) is 73.6 Å². The third-order valence-corrected chi connectivity index (χ3v) is 2.67. The Labute approximate surface area is 99.9 Å². The summed E-state index contributed by atoms with van der Waals surface area (Å²) in [5, 5.41) is 2.83. The number of carbonyl (C=O) groups is 1. The van der Waals surface area contributed by atoms with Crippen molar-refractivity contribution in [1.29, 1.82) is 0 Å². The van der Waals surface area contributed by atoms with Crippen molar-refractivity contribution in [3.05, 3.63) is 23.8 Å². The van der Waals surface area contributed by atoms with Crippen LogP contribution in [0.3, 0.4) is 0 Å². The summed E-state index contributed by atoms with van der Waals surface area (Å²) in [6.07, 6.45) is 0. The van der Waals surface area contributed by atoms with Gasteiger partial charge in [-0.15, -0.1) is 0 Å². The molecule has 17 heavy (non-hydrogen) atoms. The van der Waals surface area contributed by atoms with Crippen LogP contribution in [0.2, 0.25) is 0 Å². The van der Waals surface area contributed by atoms with Crippen LogP contribution in [0.4, 0.5) is 0 Å². The molecule has 1 aromatic carbocycles. The number of hydrogen-bond acceptors (Lipinski definition) is 4. The van der Waals surface area contributed by atoms with Crippen molar-refractivity contribution in [1.82, 2.24) is 5.32 Å². The highest BCUT2D eigenvalue weighted by atomic mass is 16.7. The first-order valence-electron chi connectivity index (χ1n) is 5.53. The predicted octanol–water partition coefficient (Wildman–Crippen LogP) is 0.940. The normalized spacial score (nSPS) is 16.4. The number of amides is 1. The Morgan fingerprint density at radius 2 is 2.06 bits per heavy atom. The van der Waals surface area contributed by atoms with Gasteiger partial charge in [-0.25, -0.2) is 0 Å². The number of ether oxygens (including phenoxy) is 2. The van der Waals surface area contributed by atoms with Crippen molar-refractivity contribution in [2.75, 3.05) is 6.79 Å². The van der Waals surface area contributed by atoms with E-state index < -0.39 is 6.04 Å². The number of nitrogens with two attached hydrogens (primary N) is 1. The van der Waals surface area contributed by atoms with Gasteiger partial charge in [-0.1, -0.05) is 6.07 Å². The molecular weight excluding hydrogens is 220 g/mol. The van der Waals surface area contributed by atoms with Crippen LogP contribution in [0.1, 0.15) is 25.5 Å². The summed E-state index contributed by atoms with van der Waals surface area (Å²) in [4.78, 5) is 11.5. The van der Waals surface area contributed by atoms with Crippen LogP contribution in [-0.4, -0.2) is 18.7 Å². The minimum Gasteiger partial charge on any atom is -0.454 e. The molecule has 0 radical (unpaired) electrons. The number of carbonyl (C=O) groups excluding carboxylic acids is 1. The van der Waals surface area contributed by atoms with E-state index in [0.29, 0.717) is 5.75 Å². The first-order chi connectivity index (χ1) is 8.08. The van der Waals surface area contributed by atoms with Crippen LogP contribution in [-0.2, 0) is 4.79 Å². The molecule has 0 fully saturated rings. The quantitative estimate of drug-likeness (QED) is 0.819. The summed E-state index contributed by atoms with van der Waals surface area (Å²) < 4.78 is 10.5. The van der Waals surface area contributed by atoms with Crippen LogP contribution in [0.15, 0.2) is 18.2 Å². The number of fused-ring (bicyclic) bond motifs is 1. The second kappa shape index (κ2) is 4.63. The van der Waals surface area contributed by atoms with E-state index in [9.17, 15) is 4.79 Å². The summed E-state index contributed by atoms with van der Waals surface area (Å²) in [5.74, 6) is 1.28. The second-order valence-corrected chi connectivity index (χ2v) is 4.13. The molecule has 1 aliphatic rings. The molecule has 0 aliphatic carbocycles. The van der Waals surface area contributed by atoms with Gasteiger partial charge in [0.1, 0.15) is 0 Å². The Kier molecular flexibility index (Phi) is 3.19. The maximum Gasteiger partial charge on any atom is 0.237 e. The molecule has 2 rings (SSSR count). The average Bonchev–Trinajstić information content (AvgIpc) is 2.75. The van der Waals surface area contributed by atoms with Gasteiger partial charge in [0.2, 0.25) is 12.7 Å². The van der Waals surface area contributed by atoms with E-state index >= 15 is 0 Å². The van der Waals surface area contributed by atoms with Crippen molar-refractivity contribution in [3.8, 4) is 11.5 Å². The van der Waals surface area contributed by atoms with E-state index in [-0.39, 0.29) is 18.7 Å². The molecule has 2 atom stereocenters. The summed E-state index contributed by atoms with van der Waals surface area (Å²) in [5.41, 5.74) is 6.46. The molecule has 0 spiro atoms. The fourth-order valence-corrected chi connectivity index (χ4v) is 1.61. The SMILES string of the molecule is CC(N)C(=O)NC(C)c1ccc2c(c1)OCO2. The van der Waals surface area contributed by atoms with E-state index in [2.05, 4.69) is 5.32 Å². The molecule has 92 valence electrons. The van der Waals surface area contributed by atoms with Gasteiger partial charge in [0, 0.05) is 0 Å². The maximum absolute atomic E-state index is 11.5. The first kappa shape index (κ1) is 11.7. The Morgan fingerprint density at radius 3 is 2.76 bits per heavy atom. The molecule has 1 amide bonds. The van der Waals surface area contributed by atoms with Crippen molar-refractivity contribution in [2.45, 2.75) is 25.9 Å². The van der Waals surface area contributed by atoms with Gasteiger partial charge in [-0.3, -0.25) is 4.79 Å². The van der Waals surface area contributed by atoms with Gasteiger partial charge in [0.05, 0.1) is 12.1 Å². The van der Waals surface area contributed by atoms with E-state index in [0.717, 1.165) is 11.3 Å². The van der Waals surface area contributed by atoms with Crippen molar-refractivity contribution in [3.63, 3.8) is 0 Å². The predicted molar refractivity (Wildman–Crippen MR) is 62.8 cm³/mol. The van der Waals surface area contributed by atoms with Crippen LogP contribution in [0.25, 0.3) is 0 Å². The molecule has 0 aromatic heterocycles. The Morgan fingerprint density at radius 1 is 1.35 bits per heavy atom. The zero-order valence-electron chi connectivity index (χ0n) is 9.90. The third kappa shape index (κ3) is 2.50. The fourth-order valence-electron chi connectivity index (χ4n) is 1.61. The highest BCUT2D eigenvalue weighted by molar-refractivity contribution is 5.81. The lowest BCUT2D eigenvalue weighted by Crippen LogP contribution is -2.39. The zero-order chi connectivity index (χ0) is 12.4. The Balaban J connectivity index is 2.09. The zero-order valence-corrected chi connectivity index (χ0v) is 9.90. The minimum absolute atomic E-state index is 0.108. The lowest BCUT2D eigenvalue weighted by Gasteiger charge is -2.16. The first-order valence-corrected chi connectivity index (χ1v) is 5.53. The van der Waals surface area contributed by atoms with Crippen LogP contribution >= 0.6 is 0 Å². The maximum atomic E-state index is 11.5. The second-order valence-electron chi connectivity index (χ2n) is 4.13. The van der Waals surface area contributed by atoms with Crippen molar-refractivity contribution in [2.24, 2.45) is 5.73 Å². The third-order valence-electron chi connectivity index (χ3n) is 2.67. The summed E-state index contributed by atoms with van der Waals surface area (Å²) in [7, 11) is 0. The monoisotopic (exact) mass is 236 g/mol. The van der Waals surface area contributed by atoms with Gasteiger partial charge >= 0.3 is 0 Å². The van der Waals surface area contributed by atoms with Crippen LogP contribution in [0.5, 0.6) is 11.5 Å². The van der Waals surface area contributed by atoms with Gasteiger partial charge in [-0.05, 0) is 31.5 Å². The largest absolute Gasteiger partial charge is 0.454 e. The van der Waals surface area contributed by atoms with Crippen molar-refractivity contribution >= 4 is 5.91 Å². The molecule has 0 saturated heterocycles. The van der Waals surface area contributed by atoms with Gasteiger partial charge in [-0.2, -0.15) is 0 Å². The fraction of sp³-hybridized carbons (Fsp3) is 0.417. The van der Waals surface area contributed by atoms with Gasteiger partial charge < -0.3 is 20.5 Å². The molecule has 1 aliphatic heterocycles. The molecule has 3 N–H and O–H groups in total. The highest BCUT2D eigenvalue weighted by Crippen LogP contribution is 2.34. The number of rotatable bonds is 3. The smallest absolute Gasteiger partial charge is 0.237 e. The lowest BCUT2D eigenvalue weighted by molar-refractivity contribution is -0.122. The number of hydrogen-bond donors (Lipinski definition) is 2. The minimum atomic E-state index is -0.508. The molecular formula is C12H16N2O3. The Bertz CT molecular complexity index is 432. The molecule has 5 heteroatoms.